The quantitative estimate of drug-likeness (QED) is 0.367. The van der Waals surface area contributed by atoms with Crippen molar-refractivity contribution in [3.05, 3.63) is 42.4 Å². The summed E-state index contributed by atoms with van der Waals surface area (Å²) in [5, 5.41) is 7.72. The maximum absolute atomic E-state index is 12.7. The lowest BCUT2D eigenvalue weighted by Crippen LogP contribution is -2.60. The first-order chi connectivity index (χ1) is 19.0. The van der Waals surface area contributed by atoms with Crippen LogP contribution in [0.5, 0.6) is 5.75 Å². The molecule has 216 valence electrons. The molecule has 1 amide bonds. The lowest BCUT2D eigenvalue weighted by atomic mass is 9.87. The zero-order valence-corrected chi connectivity index (χ0v) is 24.7. The summed E-state index contributed by atoms with van der Waals surface area (Å²) in [6.07, 6.45) is 6.86. The second kappa shape index (κ2) is 12.2. The number of aromatic nitrogens is 3. The van der Waals surface area contributed by atoms with E-state index in [1.807, 2.05) is 50.2 Å². The molecule has 4 heterocycles. The van der Waals surface area contributed by atoms with Crippen molar-refractivity contribution in [1.29, 1.82) is 0 Å². The van der Waals surface area contributed by atoms with Gasteiger partial charge in [0.15, 0.2) is 0 Å². The zero-order chi connectivity index (χ0) is 28.9. The molecule has 0 aliphatic carbocycles. The van der Waals surface area contributed by atoms with Gasteiger partial charge in [-0.3, -0.25) is 4.99 Å². The molecule has 0 unspecified atom stereocenters. The molecule has 0 bridgehead atoms. The fourth-order valence-electron chi connectivity index (χ4n) is 5.22. The summed E-state index contributed by atoms with van der Waals surface area (Å²) in [6.45, 7) is 15.5. The molecule has 1 fully saturated rings. The fourth-order valence-corrected chi connectivity index (χ4v) is 5.22. The van der Waals surface area contributed by atoms with Gasteiger partial charge in [-0.2, -0.15) is 5.10 Å². The molecule has 1 aliphatic heterocycles. The van der Waals surface area contributed by atoms with Gasteiger partial charge in [-0.05, 0) is 64.2 Å². The number of ether oxygens (including phenoxy) is 2. The number of aliphatic imine (C=N–C) groups is 1. The zero-order valence-electron chi connectivity index (χ0n) is 24.7. The maximum Gasteiger partial charge on any atom is 0.407 e. The van der Waals surface area contributed by atoms with Gasteiger partial charge < -0.3 is 24.6 Å². The molecule has 1 N–H and O–H groups in total. The molecule has 40 heavy (non-hydrogen) atoms. The van der Waals surface area contributed by atoms with E-state index in [0.29, 0.717) is 19.8 Å². The lowest BCUT2D eigenvalue weighted by molar-refractivity contribution is 0.0880. The Bertz CT molecular complexity index is 1300. The highest BCUT2D eigenvalue weighted by atomic mass is 16.5. The van der Waals surface area contributed by atoms with Crippen molar-refractivity contribution >= 4 is 24.1 Å². The van der Waals surface area contributed by atoms with E-state index in [9.17, 15) is 4.79 Å². The number of likely N-dealkylation sites (N-methyl/N-ethyl adjacent to an activating group) is 1. The SMILES string of the molecule is C=NCc1cnn2cc(OCC)cc(-c3ccc(N4CCC(CN(C)C)(NC(=O)OCC(C)(C)C)CC4)nc3)c12. The van der Waals surface area contributed by atoms with Gasteiger partial charge >= 0.3 is 6.09 Å². The highest BCUT2D eigenvalue weighted by molar-refractivity contribution is 5.83. The number of nitrogens with one attached hydrogen (secondary N) is 1. The smallest absolute Gasteiger partial charge is 0.407 e. The summed E-state index contributed by atoms with van der Waals surface area (Å²) >= 11 is 0. The number of pyridine rings is 2. The minimum Gasteiger partial charge on any atom is -0.492 e. The molecule has 4 rings (SSSR count). The van der Waals surface area contributed by atoms with Crippen LogP contribution in [0.2, 0.25) is 0 Å². The maximum atomic E-state index is 12.7. The van der Waals surface area contributed by atoms with Crippen LogP contribution in [0.1, 0.15) is 46.1 Å². The van der Waals surface area contributed by atoms with E-state index in [4.69, 9.17) is 14.5 Å². The van der Waals surface area contributed by atoms with Crippen molar-refractivity contribution < 1.29 is 14.3 Å². The van der Waals surface area contributed by atoms with E-state index in [1.54, 1.807) is 0 Å². The lowest BCUT2D eigenvalue weighted by Gasteiger charge is -2.43. The molecule has 1 saturated heterocycles. The predicted octanol–water partition coefficient (Wildman–Crippen LogP) is 4.67. The minimum absolute atomic E-state index is 0.0779. The van der Waals surface area contributed by atoms with Crippen LogP contribution in [0.4, 0.5) is 10.6 Å². The van der Waals surface area contributed by atoms with Gasteiger partial charge in [0.25, 0.3) is 0 Å². The monoisotopic (exact) mass is 549 g/mol. The third-order valence-electron chi connectivity index (χ3n) is 6.98. The second-order valence-corrected chi connectivity index (χ2v) is 12.0. The Morgan fingerprint density at radius 1 is 1.23 bits per heavy atom. The van der Waals surface area contributed by atoms with Crippen LogP contribution in [0.15, 0.2) is 41.8 Å². The van der Waals surface area contributed by atoms with Crippen molar-refractivity contribution in [1.82, 2.24) is 24.8 Å². The van der Waals surface area contributed by atoms with Crippen molar-refractivity contribution in [2.24, 2.45) is 10.4 Å². The molecule has 0 saturated carbocycles. The molecule has 3 aromatic heterocycles. The van der Waals surface area contributed by atoms with E-state index >= 15 is 0 Å². The summed E-state index contributed by atoms with van der Waals surface area (Å²) < 4.78 is 13.2. The summed E-state index contributed by atoms with van der Waals surface area (Å²) in [4.78, 5) is 26.0. The van der Waals surface area contributed by atoms with Gasteiger partial charge in [-0.25, -0.2) is 14.3 Å². The van der Waals surface area contributed by atoms with Crippen molar-refractivity contribution in [2.75, 3.05) is 51.8 Å². The normalized spacial score (nSPS) is 15.3. The van der Waals surface area contributed by atoms with E-state index < -0.39 is 0 Å². The van der Waals surface area contributed by atoms with Gasteiger partial charge in [0, 0.05) is 42.5 Å². The third-order valence-corrected chi connectivity index (χ3v) is 6.98. The third kappa shape index (κ3) is 7.10. The largest absolute Gasteiger partial charge is 0.492 e. The molecule has 10 heteroatoms. The highest BCUT2D eigenvalue weighted by Crippen LogP contribution is 2.33. The number of piperidine rings is 1. The topological polar surface area (TPSA) is 96.6 Å². The van der Waals surface area contributed by atoms with Crippen LogP contribution >= 0.6 is 0 Å². The summed E-state index contributed by atoms with van der Waals surface area (Å²) in [5.41, 5.74) is 3.51. The Morgan fingerprint density at radius 3 is 2.58 bits per heavy atom. The van der Waals surface area contributed by atoms with Crippen molar-refractivity contribution in [3.8, 4) is 16.9 Å². The number of nitrogens with zero attached hydrogens (tertiary/aromatic N) is 6. The standard InChI is InChI=1S/C30H43N7O3/c1-8-39-24-15-25(27-23(16-31-5)18-33-37(27)19-24)22-9-10-26(32-17-22)36-13-11-30(12-14-36,20-35(6)7)34-28(38)40-21-29(2,3)4/h9-10,15,17-19H,5,8,11-14,16,20-21H2,1-4,6-7H3,(H,34,38). The van der Waals surface area contributed by atoms with E-state index in [2.05, 4.69) is 64.8 Å². The second-order valence-electron chi connectivity index (χ2n) is 12.0. The molecule has 0 spiro atoms. The number of amides is 1. The Morgan fingerprint density at radius 2 is 1.98 bits per heavy atom. The van der Waals surface area contributed by atoms with Gasteiger partial charge in [0.05, 0.1) is 43.2 Å². The first-order valence-corrected chi connectivity index (χ1v) is 13.9. The summed E-state index contributed by atoms with van der Waals surface area (Å²) in [5.74, 6) is 1.66. The van der Waals surface area contributed by atoms with Gasteiger partial charge in [-0.15, -0.1) is 0 Å². The molecule has 3 aromatic rings. The fraction of sp³-hybridized carbons (Fsp3) is 0.533. The number of rotatable bonds is 10. The average molecular weight is 550 g/mol. The highest BCUT2D eigenvalue weighted by Gasteiger charge is 2.37. The Balaban J connectivity index is 1.51. The number of hydrogen-bond acceptors (Lipinski definition) is 8. The molecular weight excluding hydrogens is 506 g/mol. The van der Waals surface area contributed by atoms with Crippen LogP contribution in [-0.4, -0.2) is 84.8 Å². The Kier molecular flexibility index (Phi) is 8.98. The van der Waals surface area contributed by atoms with E-state index in [-0.39, 0.29) is 17.0 Å². The van der Waals surface area contributed by atoms with Crippen LogP contribution in [0, 0.1) is 5.41 Å². The van der Waals surface area contributed by atoms with Crippen molar-refractivity contribution in [2.45, 2.75) is 52.6 Å². The summed E-state index contributed by atoms with van der Waals surface area (Å²) in [6, 6.07) is 6.19. The summed E-state index contributed by atoms with van der Waals surface area (Å²) in [7, 11) is 4.07. The van der Waals surface area contributed by atoms with E-state index in [0.717, 1.165) is 66.3 Å². The Labute approximate surface area is 237 Å². The first kappa shape index (κ1) is 29.3. The van der Waals surface area contributed by atoms with E-state index in [1.165, 1.54) is 0 Å². The van der Waals surface area contributed by atoms with Crippen LogP contribution in [-0.2, 0) is 11.3 Å². The number of anilines is 1. The number of carbonyl (C=O) groups excluding carboxylic acids is 1. The van der Waals surface area contributed by atoms with Gasteiger partial charge in [0.2, 0.25) is 0 Å². The predicted molar refractivity (Wildman–Crippen MR) is 160 cm³/mol. The van der Waals surface area contributed by atoms with Gasteiger partial charge in [0.1, 0.15) is 11.6 Å². The minimum atomic E-state index is -0.349. The molecule has 0 atom stereocenters. The number of fused-ring (bicyclic) bond motifs is 1. The number of carbonyl (C=O) groups is 1. The molecule has 1 aliphatic rings. The molecular formula is C30H43N7O3. The van der Waals surface area contributed by atoms with Crippen LogP contribution in [0.25, 0.3) is 16.6 Å². The number of alkyl carbamates (subject to hydrolysis) is 1. The molecule has 0 radical (unpaired) electrons. The number of hydrogen-bond donors (Lipinski definition) is 1. The van der Waals surface area contributed by atoms with Crippen molar-refractivity contribution in [3.63, 3.8) is 0 Å². The van der Waals surface area contributed by atoms with Crippen LogP contribution in [0.3, 0.4) is 0 Å². The first-order valence-electron chi connectivity index (χ1n) is 13.9. The molecule has 0 aromatic carbocycles. The van der Waals surface area contributed by atoms with Gasteiger partial charge in [-0.1, -0.05) is 20.8 Å². The Hall–Kier alpha value is -3.66. The van der Waals surface area contributed by atoms with Crippen LogP contribution < -0.4 is 15.0 Å². The average Bonchev–Trinajstić information content (AvgIpc) is 3.30. The molecule has 10 nitrogen and oxygen atoms in total.